The van der Waals surface area contributed by atoms with E-state index in [1.54, 1.807) is 15.8 Å². The quantitative estimate of drug-likeness (QED) is 0.844. The van der Waals surface area contributed by atoms with E-state index in [1.807, 2.05) is 13.1 Å². The van der Waals surface area contributed by atoms with Crippen LogP contribution in [0.5, 0.6) is 0 Å². The second-order valence-corrected chi connectivity index (χ2v) is 5.65. The topological polar surface area (TPSA) is 67.2 Å². The summed E-state index contributed by atoms with van der Waals surface area (Å²) in [6.45, 7) is 4.79. The molecule has 6 nitrogen and oxygen atoms in total. The average molecular weight is 278 g/mol. The van der Waals surface area contributed by atoms with Crippen molar-refractivity contribution in [2.45, 2.75) is 32.7 Å². The zero-order chi connectivity index (χ0) is 14.7. The number of nitrogens with one attached hydrogen (secondary N) is 1. The molecule has 20 heavy (non-hydrogen) atoms. The predicted molar refractivity (Wildman–Crippen MR) is 74.9 cm³/mol. The molecule has 0 aliphatic carbocycles. The van der Waals surface area contributed by atoms with Gasteiger partial charge < -0.3 is 10.2 Å². The molecule has 1 unspecified atom stereocenters. The minimum absolute atomic E-state index is 0.00239. The number of hydrogen-bond donors (Lipinski definition) is 1. The SMILES string of the molecule is CC(C)CC1C(=O)NCC(=O)N1CCc1ccnn1C. The van der Waals surface area contributed by atoms with Crippen molar-refractivity contribution in [2.24, 2.45) is 13.0 Å². The summed E-state index contributed by atoms with van der Waals surface area (Å²) in [5, 5.41) is 6.79. The van der Waals surface area contributed by atoms with E-state index in [4.69, 9.17) is 0 Å². The number of rotatable bonds is 5. The molecule has 1 N–H and O–H groups in total. The number of aryl methyl sites for hydroxylation is 1. The van der Waals surface area contributed by atoms with Crippen molar-refractivity contribution >= 4 is 11.8 Å². The molecule has 0 radical (unpaired) electrons. The van der Waals surface area contributed by atoms with E-state index in [0.717, 1.165) is 5.69 Å². The van der Waals surface area contributed by atoms with Crippen LogP contribution in [0.1, 0.15) is 26.0 Å². The van der Waals surface area contributed by atoms with E-state index in [2.05, 4.69) is 24.3 Å². The standard InChI is InChI=1S/C14H22N4O2/c1-10(2)8-12-14(20)15-9-13(19)18(12)7-5-11-4-6-16-17(11)3/h4,6,10,12H,5,7-9H2,1-3H3,(H,15,20). The van der Waals surface area contributed by atoms with Gasteiger partial charge in [-0.05, 0) is 18.4 Å². The first-order valence-electron chi connectivity index (χ1n) is 7.03. The maximum absolute atomic E-state index is 12.1. The highest BCUT2D eigenvalue weighted by molar-refractivity contribution is 5.94. The van der Waals surface area contributed by atoms with Crippen LogP contribution >= 0.6 is 0 Å². The van der Waals surface area contributed by atoms with Crippen LogP contribution in [0, 0.1) is 5.92 Å². The summed E-state index contributed by atoms with van der Waals surface area (Å²) < 4.78 is 1.80. The van der Waals surface area contributed by atoms with Crippen molar-refractivity contribution in [1.29, 1.82) is 0 Å². The maximum atomic E-state index is 12.1. The van der Waals surface area contributed by atoms with E-state index in [0.29, 0.717) is 25.3 Å². The van der Waals surface area contributed by atoms with Gasteiger partial charge >= 0.3 is 0 Å². The molecule has 1 aliphatic heterocycles. The van der Waals surface area contributed by atoms with Gasteiger partial charge in [0.15, 0.2) is 0 Å². The summed E-state index contributed by atoms with van der Waals surface area (Å²) in [6, 6.07) is 1.59. The molecule has 1 aliphatic rings. The molecule has 0 saturated carbocycles. The fraction of sp³-hybridized carbons (Fsp3) is 0.643. The van der Waals surface area contributed by atoms with E-state index >= 15 is 0 Å². The molecule has 0 spiro atoms. The number of nitrogens with zero attached hydrogens (tertiary/aromatic N) is 3. The van der Waals surface area contributed by atoms with Crippen molar-refractivity contribution in [3.63, 3.8) is 0 Å². The normalized spacial score (nSPS) is 19.6. The summed E-state index contributed by atoms with van der Waals surface area (Å²) in [7, 11) is 1.88. The molecule has 110 valence electrons. The smallest absolute Gasteiger partial charge is 0.243 e. The third-order valence-corrected chi connectivity index (χ3v) is 3.64. The van der Waals surface area contributed by atoms with Crippen molar-refractivity contribution in [2.75, 3.05) is 13.1 Å². The van der Waals surface area contributed by atoms with Gasteiger partial charge in [0.2, 0.25) is 11.8 Å². The van der Waals surface area contributed by atoms with Gasteiger partial charge in [-0.15, -0.1) is 0 Å². The minimum atomic E-state index is -0.343. The first-order valence-corrected chi connectivity index (χ1v) is 7.03. The summed E-state index contributed by atoms with van der Waals surface area (Å²) in [5.74, 6) is 0.330. The molecule has 2 amide bonds. The van der Waals surface area contributed by atoms with Crippen LogP contribution in [0.15, 0.2) is 12.3 Å². The molecule has 1 atom stereocenters. The Balaban J connectivity index is 2.06. The number of piperazine rings is 1. The number of aromatic nitrogens is 2. The fourth-order valence-electron chi connectivity index (χ4n) is 2.54. The lowest BCUT2D eigenvalue weighted by molar-refractivity contribution is -0.146. The molecule has 6 heteroatoms. The van der Waals surface area contributed by atoms with E-state index in [-0.39, 0.29) is 24.4 Å². The third kappa shape index (κ3) is 3.18. The summed E-state index contributed by atoms with van der Waals surface area (Å²) >= 11 is 0. The van der Waals surface area contributed by atoms with Crippen molar-refractivity contribution < 1.29 is 9.59 Å². The molecule has 1 aromatic rings. The maximum Gasteiger partial charge on any atom is 0.243 e. The third-order valence-electron chi connectivity index (χ3n) is 3.64. The zero-order valence-corrected chi connectivity index (χ0v) is 12.3. The zero-order valence-electron chi connectivity index (χ0n) is 12.3. The highest BCUT2D eigenvalue weighted by Gasteiger charge is 2.34. The first kappa shape index (κ1) is 14.6. The van der Waals surface area contributed by atoms with Crippen LogP contribution in [0.3, 0.4) is 0 Å². The number of amides is 2. The van der Waals surface area contributed by atoms with E-state index in [9.17, 15) is 9.59 Å². The Hall–Kier alpha value is -1.85. The summed E-state index contributed by atoms with van der Waals surface area (Å²) in [6.07, 6.45) is 3.15. The van der Waals surface area contributed by atoms with Gasteiger partial charge in [0, 0.05) is 31.9 Å². The van der Waals surface area contributed by atoms with Crippen molar-refractivity contribution in [3.8, 4) is 0 Å². The lowest BCUT2D eigenvalue weighted by Crippen LogP contribution is -2.59. The van der Waals surface area contributed by atoms with Gasteiger partial charge in [-0.2, -0.15) is 5.10 Å². The lowest BCUT2D eigenvalue weighted by atomic mass is 9.99. The molecule has 0 bridgehead atoms. The number of carbonyl (C=O) groups excluding carboxylic acids is 2. The Bertz CT molecular complexity index is 495. The Labute approximate surface area is 119 Å². The van der Waals surface area contributed by atoms with Gasteiger partial charge in [-0.25, -0.2) is 0 Å². The number of hydrogen-bond acceptors (Lipinski definition) is 3. The van der Waals surface area contributed by atoms with Crippen molar-refractivity contribution in [3.05, 3.63) is 18.0 Å². The second-order valence-electron chi connectivity index (χ2n) is 5.65. The molecule has 1 fully saturated rings. The molecule has 1 aromatic heterocycles. The average Bonchev–Trinajstić information content (AvgIpc) is 2.78. The van der Waals surface area contributed by atoms with Crippen LogP contribution in [0.4, 0.5) is 0 Å². The van der Waals surface area contributed by atoms with Crippen LogP contribution < -0.4 is 5.32 Å². The Morgan fingerprint density at radius 2 is 2.20 bits per heavy atom. The highest BCUT2D eigenvalue weighted by atomic mass is 16.2. The van der Waals surface area contributed by atoms with E-state index in [1.165, 1.54) is 0 Å². The van der Waals surface area contributed by atoms with Crippen molar-refractivity contribution in [1.82, 2.24) is 20.0 Å². The van der Waals surface area contributed by atoms with Gasteiger partial charge in [-0.3, -0.25) is 14.3 Å². The van der Waals surface area contributed by atoms with Crippen LogP contribution in [0.25, 0.3) is 0 Å². The summed E-state index contributed by atoms with van der Waals surface area (Å²) in [4.78, 5) is 25.8. The molecule has 2 heterocycles. The first-order chi connectivity index (χ1) is 9.49. The number of carbonyl (C=O) groups is 2. The lowest BCUT2D eigenvalue weighted by Gasteiger charge is -2.35. The minimum Gasteiger partial charge on any atom is -0.345 e. The van der Waals surface area contributed by atoms with Crippen LogP contribution in [-0.2, 0) is 23.1 Å². The molecule has 1 saturated heterocycles. The molecular weight excluding hydrogens is 256 g/mol. The molecular formula is C14H22N4O2. The van der Waals surface area contributed by atoms with Crippen LogP contribution in [-0.4, -0.2) is 45.6 Å². The van der Waals surface area contributed by atoms with Crippen LogP contribution in [0.2, 0.25) is 0 Å². The Morgan fingerprint density at radius 3 is 2.80 bits per heavy atom. The fourth-order valence-corrected chi connectivity index (χ4v) is 2.54. The largest absolute Gasteiger partial charge is 0.345 e. The Kier molecular flexibility index (Phi) is 4.42. The molecule has 0 aromatic carbocycles. The Morgan fingerprint density at radius 1 is 1.45 bits per heavy atom. The molecule has 2 rings (SSSR count). The predicted octanol–water partition coefficient (Wildman–Crippen LogP) is 0.336. The van der Waals surface area contributed by atoms with Gasteiger partial charge in [0.1, 0.15) is 6.04 Å². The van der Waals surface area contributed by atoms with E-state index < -0.39 is 0 Å². The monoisotopic (exact) mass is 278 g/mol. The second kappa shape index (κ2) is 6.07. The van der Waals surface area contributed by atoms with Gasteiger partial charge in [-0.1, -0.05) is 13.8 Å². The van der Waals surface area contributed by atoms with Gasteiger partial charge in [0.25, 0.3) is 0 Å². The summed E-state index contributed by atoms with van der Waals surface area (Å²) in [5.41, 5.74) is 1.06. The van der Waals surface area contributed by atoms with Gasteiger partial charge in [0.05, 0.1) is 6.54 Å². The highest BCUT2D eigenvalue weighted by Crippen LogP contribution is 2.16.